The molecule has 0 bridgehead atoms. The highest BCUT2D eigenvalue weighted by molar-refractivity contribution is 5.99. The van der Waals surface area contributed by atoms with Gasteiger partial charge in [0.15, 0.2) is 0 Å². The Bertz CT molecular complexity index is 4110. The second kappa shape index (κ2) is 22.8. The third-order valence-corrected chi connectivity index (χ3v) is 17.2. The minimum atomic E-state index is -0.766. The normalized spacial score (nSPS) is 12.1. The van der Waals surface area contributed by atoms with Crippen molar-refractivity contribution >= 4 is 56.9 Å². The maximum absolute atomic E-state index is 3.07. The standard InChI is InChI=1S/C74H61N3.C8H11N/c1-48-15-8-22-55(37-48)56-29-33-66-67-34-30-63(75(57-23-9-16-49(2)38-57)58-24-10-17-50(3)39-58)45-71(67)74(70(66)44-56)72-46-64(76(59-25-11-18-51(4)40-59)60-26-12-19-52(5)41-60)31-35-68(72)69-36-32-65(47-73(69)74)77(61-27-13-20-53(6)42-61)62-28-14-21-54(7)43-62;1-7-4-3-5-8(6-7)9-2/h8-47H,1-7H3;3-6,9H,1-2H3. The highest BCUT2D eigenvalue weighted by atomic mass is 15.2. The van der Waals surface area contributed by atoms with Gasteiger partial charge in [0.05, 0.1) is 5.41 Å². The molecular formula is C82H72N4. The Hall–Kier alpha value is -10.2. The van der Waals surface area contributed by atoms with Gasteiger partial charge in [0.1, 0.15) is 0 Å². The molecule has 420 valence electrons. The van der Waals surface area contributed by atoms with E-state index >= 15 is 0 Å². The van der Waals surface area contributed by atoms with Gasteiger partial charge in [-0.15, -0.1) is 0 Å². The summed E-state index contributed by atoms with van der Waals surface area (Å²) >= 11 is 0. The molecule has 1 N–H and O–H groups in total. The van der Waals surface area contributed by atoms with Crippen LogP contribution in [0.25, 0.3) is 33.4 Å². The van der Waals surface area contributed by atoms with Crippen molar-refractivity contribution in [2.24, 2.45) is 0 Å². The molecule has 4 nitrogen and oxygen atoms in total. The van der Waals surface area contributed by atoms with Crippen LogP contribution in [0.4, 0.5) is 56.9 Å². The molecular weight excluding hydrogens is 1040 g/mol. The number of rotatable bonds is 11. The second-order valence-corrected chi connectivity index (χ2v) is 23.7. The molecule has 0 radical (unpaired) electrons. The number of hydrogen-bond donors (Lipinski definition) is 1. The molecule has 0 aromatic heterocycles. The first-order valence-electron chi connectivity index (χ1n) is 30.0. The lowest BCUT2D eigenvalue weighted by Crippen LogP contribution is -2.27. The summed E-state index contributed by atoms with van der Waals surface area (Å²) in [5, 5.41) is 3.07. The van der Waals surface area contributed by atoms with E-state index in [2.05, 4.69) is 330 Å². The summed E-state index contributed by atoms with van der Waals surface area (Å²) < 4.78 is 0. The number of benzene rings is 12. The third-order valence-electron chi connectivity index (χ3n) is 17.2. The molecule has 2 aliphatic rings. The van der Waals surface area contributed by atoms with Gasteiger partial charge in [-0.3, -0.25) is 0 Å². The lowest BCUT2D eigenvalue weighted by Gasteiger charge is -2.34. The van der Waals surface area contributed by atoms with Crippen molar-refractivity contribution in [3.8, 4) is 33.4 Å². The van der Waals surface area contributed by atoms with Crippen molar-refractivity contribution in [1.82, 2.24) is 0 Å². The highest BCUT2D eigenvalue weighted by Gasteiger charge is 2.53. The molecule has 14 rings (SSSR count). The first-order chi connectivity index (χ1) is 41.8. The fourth-order valence-corrected chi connectivity index (χ4v) is 13.4. The van der Waals surface area contributed by atoms with Gasteiger partial charge in [-0.05, 0) is 277 Å². The van der Waals surface area contributed by atoms with Gasteiger partial charge < -0.3 is 20.0 Å². The Labute approximate surface area is 509 Å². The van der Waals surface area contributed by atoms with E-state index in [1.165, 1.54) is 106 Å². The summed E-state index contributed by atoms with van der Waals surface area (Å²) in [5.41, 5.74) is 32.7. The first kappa shape index (κ1) is 55.1. The molecule has 4 heteroatoms. The maximum atomic E-state index is 3.07. The molecule has 0 amide bonds. The van der Waals surface area contributed by atoms with E-state index < -0.39 is 5.41 Å². The van der Waals surface area contributed by atoms with E-state index in [1.807, 2.05) is 19.2 Å². The Morgan fingerprint density at radius 2 is 0.488 bits per heavy atom. The van der Waals surface area contributed by atoms with Crippen LogP contribution in [-0.4, -0.2) is 7.05 Å². The molecule has 12 aromatic rings. The lowest BCUT2D eigenvalue weighted by molar-refractivity contribution is 0.793. The third kappa shape index (κ3) is 10.2. The van der Waals surface area contributed by atoms with Crippen LogP contribution in [0.2, 0.25) is 0 Å². The van der Waals surface area contributed by atoms with Gasteiger partial charge in [-0.1, -0.05) is 145 Å². The molecule has 1 spiro atoms. The predicted molar refractivity (Wildman–Crippen MR) is 366 cm³/mol. The van der Waals surface area contributed by atoms with Crippen LogP contribution in [0.1, 0.15) is 66.8 Å². The number of nitrogens with zero attached hydrogens (tertiary/aromatic N) is 3. The van der Waals surface area contributed by atoms with Crippen molar-refractivity contribution in [2.75, 3.05) is 27.1 Å². The van der Waals surface area contributed by atoms with Crippen LogP contribution in [0.15, 0.2) is 267 Å². The predicted octanol–water partition coefficient (Wildman–Crippen LogP) is 22.3. The quantitative estimate of drug-likeness (QED) is 0.139. The molecule has 0 unspecified atom stereocenters. The summed E-state index contributed by atoms with van der Waals surface area (Å²) in [6, 6.07) is 99.9. The van der Waals surface area contributed by atoms with Crippen LogP contribution < -0.4 is 20.0 Å². The number of fused-ring (bicyclic) bond motifs is 10. The van der Waals surface area contributed by atoms with Crippen LogP contribution in [0.5, 0.6) is 0 Å². The minimum absolute atomic E-state index is 0.766. The topological polar surface area (TPSA) is 21.8 Å². The Morgan fingerprint density at radius 3 is 0.779 bits per heavy atom. The van der Waals surface area contributed by atoms with E-state index in [9.17, 15) is 0 Å². The molecule has 86 heavy (non-hydrogen) atoms. The van der Waals surface area contributed by atoms with E-state index in [0.717, 1.165) is 51.2 Å². The van der Waals surface area contributed by atoms with Gasteiger partial charge in [0.2, 0.25) is 0 Å². The van der Waals surface area contributed by atoms with Gasteiger partial charge in [0, 0.05) is 63.9 Å². The summed E-state index contributed by atoms with van der Waals surface area (Å²) in [6.45, 7) is 17.4. The summed E-state index contributed by atoms with van der Waals surface area (Å²) in [7, 11) is 1.93. The van der Waals surface area contributed by atoms with E-state index in [-0.39, 0.29) is 0 Å². The fraction of sp³-hybridized carbons (Fsp3) is 0.122. The Balaban J connectivity index is 0.000000700. The van der Waals surface area contributed by atoms with E-state index in [0.29, 0.717) is 0 Å². The van der Waals surface area contributed by atoms with Crippen molar-refractivity contribution in [3.05, 3.63) is 334 Å². The highest BCUT2D eigenvalue weighted by Crippen LogP contribution is 2.65. The zero-order valence-corrected chi connectivity index (χ0v) is 50.7. The molecule has 0 aliphatic heterocycles. The van der Waals surface area contributed by atoms with Gasteiger partial charge in [-0.25, -0.2) is 0 Å². The zero-order valence-electron chi connectivity index (χ0n) is 50.7. The average molecular weight is 1110 g/mol. The fourth-order valence-electron chi connectivity index (χ4n) is 13.4. The molecule has 12 aromatic carbocycles. The zero-order chi connectivity index (χ0) is 59.2. The van der Waals surface area contributed by atoms with Crippen molar-refractivity contribution in [1.29, 1.82) is 0 Å². The van der Waals surface area contributed by atoms with Crippen molar-refractivity contribution in [3.63, 3.8) is 0 Å². The molecule has 0 fully saturated rings. The monoisotopic (exact) mass is 1110 g/mol. The number of aryl methyl sites for hydroxylation is 8. The number of nitrogens with one attached hydrogen (secondary N) is 1. The van der Waals surface area contributed by atoms with Gasteiger partial charge >= 0.3 is 0 Å². The Morgan fingerprint density at radius 1 is 0.233 bits per heavy atom. The van der Waals surface area contributed by atoms with Crippen LogP contribution in [0.3, 0.4) is 0 Å². The molecule has 0 saturated carbocycles. The lowest BCUT2D eigenvalue weighted by atomic mass is 9.70. The van der Waals surface area contributed by atoms with Gasteiger partial charge in [0.25, 0.3) is 0 Å². The van der Waals surface area contributed by atoms with Gasteiger partial charge in [-0.2, -0.15) is 0 Å². The van der Waals surface area contributed by atoms with Crippen LogP contribution in [-0.2, 0) is 5.41 Å². The maximum Gasteiger partial charge on any atom is 0.0728 e. The molecule has 0 atom stereocenters. The second-order valence-electron chi connectivity index (χ2n) is 23.7. The van der Waals surface area contributed by atoms with Crippen molar-refractivity contribution < 1.29 is 0 Å². The number of anilines is 10. The van der Waals surface area contributed by atoms with E-state index in [1.54, 1.807) is 0 Å². The van der Waals surface area contributed by atoms with Crippen LogP contribution >= 0.6 is 0 Å². The number of hydrogen-bond acceptors (Lipinski definition) is 4. The SMILES string of the molecule is CNc1cccc(C)c1.Cc1cccc(-c2ccc3c(c2)C2(c4cc(N(c5cccc(C)c5)c5cccc(C)c5)ccc4-3)c3cc(N(c4cccc(C)c4)c4cccc(C)c4)ccc3-c3ccc(N(c4cccc(C)c4)c4cccc(C)c4)cc32)c1. The summed E-state index contributed by atoms with van der Waals surface area (Å²) in [4.78, 5) is 7.35. The molecule has 0 saturated heterocycles. The van der Waals surface area contributed by atoms with E-state index in [4.69, 9.17) is 0 Å². The summed E-state index contributed by atoms with van der Waals surface area (Å²) in [6.07, 6.45) is 0. The first-order valence-corrected chi connectivity index (χ1v) is 30.0. The summed E-state index contributed by atoms with van der Waals surface area (Å²) in [5.74, 6) is 0. The largest absolute Gasteiger partial charge is 0.388 e. The molecule has 0 heterocycles. The average Bonchev–Trinajstić information content (AvgIpc) is 1.51. The Kier molecular flexibility index (Phi) is 14.6. The smallest absolute Gasteiger partial charge is 0.0728 e. The molecule has 2 aliphatic carbocycles. The van der Waals surface area contributed by atoms with Crippen LogP contribution in [0, 0.1) is 55.4 Å². The minimum Gasteiger partial charge on any atom is -0.388 e. The van der Waals surface area contributed by atoms with Crippen molar-refractivity contribution in [2.45, 2.75) is 60.8 Å².